The summed E-state index contributed by atoms with van der Waals surface area (Å²) in [7, 11) is -3.97. The molecule has 1 aliphatic heterocycles. The topological polar surface area (TPSA) is 102 Å². The van der Waals surface area contributed by atoms with Gasteiger partial charge in [-0.15, -0.1) is 0 Å². The van der Waals surface area contributed by atoms with E-state index in [1.54, 1.807) is 61.2 Å². The highest BCUT2D eigenvalue weighted by molar-refractivity contribution is 7.89. The Hall–Kier alpha value is -2.75. The minimum atomic E-state index is -3.97. The number of rotatable bonds is 8. The Labute approximate surface area is 194 Å². The highest BCUT2D eigenvalue weighted by atomic mass is 32.2. The molecule has 1 fully saturated rings. The number of benzene rings is 2. The number of ether oxygens (including phenoxy) is 2. The number of nitrogens with one attached hydrogen (secondary N) is 1. The average Bonchev–Trinajstić information content (AvgIpc) is 2.81. The monoisotopic (exact) mass is 474 g/mol. The SMILES string of the molecule is Cc1ccc(S(=O)(=O)N[C@H](C(=O)O[C@H](C(=O)N2CCOCC2)c2ccccc2)C(C)C)cc1. The molecule has 0 spiro atoms. The molecule has 0 radical (unpaired) electrons. The van der Waals surface area contributed by atoms with E-state index in [1.165, 1.54) is 12.1 Å². The number of sulfonamides is 1. The third kappa shape index (κ3) is 6.40. The maximum Gasteiger partial charge on any atom is 0.325 e. The lowest BCUT2D eigenvalue weighted by atomic mass is 10.0. The van der Waals surface area contributed by atoms with Gasteiger partial charge in [-0.3, -0.25) is 9.59 Å². The highest BCUT2D eigenvalue weighted by Gasteiger charge is 2.35. The van der Waals surface area contributed by atoms with Crippen LogP contribution in [0.15, 0.2) is 59.5 Å². The Morgan fingerprint density at radius 2 is 1.61 bits per heavy atom. The Morgan fingerprint density at radius 3 is 2.18 bits per heavy atom. The zero-order chi connectivity index (χ0) is 24.0. The molecule has 0 bridgehead atoms. The lowest BCUT2D eigenvalue weighted by molar-refractivity contribution is -0.164. The van der Waals surface area contributed by atoms with Crippen molar-refractivity contribution < 1.29 is 27.5 Å². The van der Waals surface area contributed by atoms with Crippen LogP contribution in [-0.2, 0) is 29.1 Å². The number of amides is 1. The van der Waals surface area contributed by atoms with Gasteiger partial charge in [-0.25, -0.2) is 8.42 Å². The van der Waals surface area contributed by atoms with Crippen molar-refractivity contribution in [3.63, 3.8) is 0 Å². The Bertz CT molecular complexity index is 1050. The molecule has 0 aliphatic carbocycles. The summed E-state index contributed by atoms with van der Waals surface area (Å²) in [6.07, 6.45) is -1.18. The van der Waals surface area contributed by atoms with Gasteiger partial charge in [0.05, 0.1) is 18.1 Å². The second-order valence-electron chi connectivity index (χ2n) is 8.32. The Kier molecular flexibility index (Phi) is 8.23. The summed E-state index contributed by atoms with van der Waals surface area (Å²) in [5.74, 6) is -1.58. The first-order valence-corrected chi connectivity index (χ1v) is 12.4. The van der Waals surface area contributed by atoms with Crippen LogP contribution in [0.2, 0.25) is 0 Å². The van der Waals surface area contributed by atoms with Gasteiger partial charge in [0.25, 0.3) is 5.91 Å². The van der Waals surface area contributed by atoms with Crippen molar-refractivity contribution in [3.05, 3.63) is 65.7 Å². The zero-order valence-electron chi connectivity index (χ0n) is 19.1. The van der Waals surface area contributed by atoms with Crippen LogP contribution in [0.4, 0.5) is 0 Å². The zero-order valence-corrected chi connectivity index (χ0v) is 19.9. The van der Waals surface area contributed by atoms with E-state index in [9.17, 15) is 18.0 Å². The van der Waals surface area contributed by atoms with Gasteiger partial charge in [0.2, 0.25) is 16.1 Å². The molecule has 8 nitrogen and oxygen atoms in total. The average molecular weight is 475 g/mol. The van der Waals surface area contributed by atoms with Gasteiger partial charge < -0.3 is 14.4 Å². The van der Waals surface area contributed by atoms with Gasteiger partial charge in [0, 0.05) is 18.7 Å². The summed E-state index contributed by atoms with van der Waals surface area (Å²) in [6, 6.07) is 13.9. The summed E-state index contributed by atoms with van der Waals surface area (Å²) >= 11 is 0. The van der Waals surface area contributed by atoms with Crippen LogP contribution in [0.5, 0.6) is 0 Å². The molecule has 1 saturated heterocycles. The molecule has 33 heavy (non-hydrogen) atoms. The van der Waals surface area contributed by atoms with Gasteiger partial charge in [0.15, 0.2) is 0 Å². The molecule has 1 amide bonds. The van der Waals surface area contributed by atoms with Crippen molar-refractivity contribution in [3.8, 4) is 0 Å². The van der Waals surface area contributed by atoms with E-state index in [-0.39, 0.29) is 10.8 Å². The first-order valence-electron chi connectivity index (χ1n) is 10.9. The molecule has 1 N–H and O–H groups in total. The fourth-order valence-corrected chi connectivity index (χ4v) is 4.77. The number of hydrogen-bond donors (Lipinski definition) is 1. The van der Waals surface area contributed by atoms with Crippen molar-refractivity contribution >= 4 is 21.9 Å². The minimum absolute atomic E-state index is 0.0514. The van der Waals surface area contributed by atoms with Crippen molar-refractivity contribution in [2.75, 3.05) is 26.3 Å². The molecule has 2 aromatic carbocycles. The van der Waals surface area contributed by atoms with E-state index in [0.29, 0.717) is 31.9 Å². The largest absolute Gasteiger partial charge is 0.446 e. The molecule has 1 heterocycles. The Balaban J connectivity index is 1.83. The fraction of sp³-hybridized carbons (Fsp3) is 0.417. The van der Waals surface area contributed by atoms with Crippen LogP contribution in [0.3, 0.4) is 0 Å². The molecular weight excluding hydrogens is 444 g/mol. The number of nitrogens with zero attached hydrogens (tertiary/aromatic N) is 1. The lowest BCUT2D eigenvalue weighted by Crippen LogP contribution is -2.48. The number of aryl methyl sites for hydroxylation is 1. The maximum absolute atomic E-state index is 13.2. The first-order chi connectivity index (χ1) is 15.7. The summed E-state index contributed by atoms with van der Waals surface area (Å²) in [5, 5.41) is 0. The van der Waals surface area contributed by atoms with Crippen LogP contribution in [-0.4, -0.2) is 57.5 Å². The second kappa shape index (κ2) is 10.9. The van der Waals surface area contributed by atoms with Crippen LogP contribution in [0.1, 0.15) is 31.1 Å². The smallest absolute Gasteiger partial charge is 0.325 e. The quantitative estimate of drug-likeness (QED) is 0.590. The normalized spacial score (nSPS) is 16.3. The van der Waals surface area contributed by atoms with Crippen molar-refractivity contribution in [2.24, 2.45) is 5.92 Å². The number of esters is 1. The van der Waals surface area contributed by atoms with Gasteiger partial charge in [-0.2, -0.15) is 4.72 Å². The summed E-state index contributed by atoms with van der Waals surface area (Å²) < 4.78 is 39.2. The summed E-state index contributed by atoms with van der Waals surface area (Å²) in [6.45, 7) is 6.89. The second-order valence-corrected chi connectivity index (χ2v) is 10.0. The maximum atomic E-state index is 13.2. The molecule has 178 valence electrons. The number of carbonyl (C=O) groups is 2. The predicted octanol–water partition coefficient (Wildman–Crippen LogP) is 2.44. The van der Waals surface area contributed by atoms with Crippen molar-refractivity contribution in [1.82, 2.24) is 9.62 Å². The minimum Gasteiger partial charge on any atom is -0.446 e. The molecule has 0 unspecified atom stereocenters. The van der Waals surface area contributed by atoms with E-state index >= 15 is 0 Å². The summed E-state index contributed by atoms with van der Waals surface area (Å²) in [4.78, 5) is 28.0. The standard InChI is InChI=1S/C24H30N2O6S/c1-17(2)21(25-33(29,30)20-11-9-18(3)10-12-20)24(28)32-22(19-7-5-4-6-8-19)23(27)26-13-15-31-16-14-26/h4-12,17,21-22,25H,13-16H2,1-3H3/t21-,22-/m0/s1. The van der Waals surface area contributed by atoms with E-state index in [4.69, 9.17) is 9.47 Å². The number of morpholine rings is 1. The third-order valence-electron chi connectivity index (χ3n) is 5.42. The highest BCUT2D eigenvalue weighted by Crippen LogP contribution is 2.23. The van der Waals surface area contributed by atoms with Crippen LogP contribution in [0.25, 0.3) is 0 Å². The molecule has 0 aromatic heterocycles. The van der Waals surface area contributed by atoms with E-state index < -0.39 is 34.1 Å². The number of carbonyl (C=O) groups excluding carboxylic acids is 2. The van der Waals surface area contributed by atoms with Crippen LogP contribution < -0.4 is 4.72 Å². The molecule has 2 atom stereocenters. The van der Waals surface area contributed by atoms with Gasteiger partial charge >= 0.3 is 5.97 Å². The van der Waals surface area contributed by atoms with Gasteiger partial charge in [-0.05, 0) is 25.0 Å². The van der Waals surface area contributed by atoms with Gasteiger partial charge in [-0.1, -0.05) is 61.9 Å². The van der Waals surface area contributed by atoms with E-state index in [2.05, 4.69) is 4.72 Å². The van der Waals surface area contributed by atoms with Crippen molar-refractivity contribution in [1.29, 1.82) is 0 Å². The molecular formula is C24H30N2O6S. The van der Waals surface area contributed by atoms with Crippen LogP contribution in [0, 0.1) is 12.8 Å². The summed E-state index contributed by atoms with van der Waals surface area (Å²) in [5.41, 5.74) is 1.44. The van der Waals surface area contributed by atoms with E-state index in [0.717, 1.165) is 5.56 Å². The molecule has 0 saturated carbocycles. The molecule has 9 heteroatoms. The number of hydrogen-bond acceptors (Lipinski definition) is 6. The Morgan fingerprint density at radius 1 is 1.00 bits per heavy atom. The van der Waals surface area contributed by atoms with Crippen LogP contribution >= 0.6 is 0 Å². The predicted molar refractivity (Wildman–Crippen MR) is 123 cm³/mol. The van der Waals surface area contributed by atoms with Crippen molar-refractivity contribution in [2.45, 2.75) is 37.8 Å². The first kappa shape index (κ1) is 24.9. The lowest BCUT2D eigenvalue weighted by Gasteiger charge is -2.31. The van der Waals surface area contributed by atoms with E-state index in [1.807, 2.05) is 6.92 Å². The third-order valence-corrected chi connectivity index (χ3v) is 6.87. The molecule has 1 aliphatic rings. The fourth-order valence-electron chi connectivity index (χ4n) is 3.44. The molecule has 3 rings (SSSR count). The van der Waals surface area contributed by atoms with Gasteiger partial charge in [0.1, 0.15) is 6.04 Å². The molecule has 2 aromatic rings.